The molecule has 3 heteroatoms. The van der Waals surface area contributed by atoms with Gasteiger partial charge in [0.05, 0.1) is 0 Å². The molecule has 0 amide bonds. The Bertz CT molecular complexity index is 345. The van der Waals surface area contributed by atoms with Gasteiger partial charge in [-0.1, -0.05) is 19.1 Å². The maximum Gasteiger partial charge on any atom is 0.161 e. The van der Waals surface area contributed by atoms with Crippen LogP contribution in [0.3, 0.4) is 0 Å². The van der Waals surface area contributed by atoms with Crippen LogP contribution in [0.5, 0.6) is 11.5 Å². The van der Waals surface area contributed by atoms with E-state index in [2.05, 4.69) is 12.2 Å². The molecule has 82 valence electrons. The zero-order valence-electron chi connectivity index (χ0n) is 8.90. The quantitative estimate of drug-likeness (QED) is 0.664. The van der Waals surface area contributed by atoms with Gasteiger partial charge in [0.2, 0.25) is 0 Å². The summed E-state index contributed by atoms with van der Waals surface area (Å²) >= 11 is 0. The van der Waals surface area contributed by atoms with Crippen molar-refractivity contribution in [1.29, 1.82) is 0 Å². The molecule has 1 fully saturated rings. The fraction of sp³-hybridized carbons (Fsp3) is 0.500. The van der Waals surface area contributed by atoms with E-state index in [4.69, 9.17) is 0 Å². The van der Waals surface area contributed by atoms with Gasteiger partial charge in [0, 0.05) is 18.2 Å². The Morgan fingerprint density at radius 3 is 2.73 bits per heavy atom. The monoisotopic (exact) mass is 207 g/mol. The number of hydrogen-bond donors (Lipinski definition) is 3. The predicted molar refractivity (Wildman–Crippen MR) is 58.8 cm³/mol. The zero-order valence-corrected chi connectivity index (χ0v) is 8.90. The number of phenols is 2. The van der Waals surface area contributed by atoms with Crippen LogP contribution in [0.25, 0.3) is 0 Å². The van der Waals surface area contributed by atoms with Gasteiger partial charge in [-0.3, -0.25) is 0 Å². The van der Waals surface area contributed by atoms with Crippen LogP contribution in [0.4, 0.5) is 0 Å². The van der Waals surface area contributed by atoms with Crippen LogP contribution in [0.15, 0.2) is 18.2 Å². The van der Waals surface area contributed by atoms with E-state index in [1.54, 1.807) is 6.07 Å². The highest BCUT2D eigenvalue weighted by atomic mass is 16.3. The third-order valence-corrected chi connectivity index (χ3v) is 3.05. The molecule has 0 unspecified atom stereocenters. The molecule has 0 heterocycles. The molecule has 1 saturated carbocycles. The first-order valence-corrected chi connectivity index (χ1v) is 5.40. The minimum absolute atomic E-state index is 0.00243. The summed E-state index contributed by atoms with van der Waals surface area (Å²) in [5, 5.41) is 22.2. The van der Waals surface area contributed by atoms with Crippen LogP contribution >= 0.6 is 0 Å². The van der Waals surface area contributed by atoms with Crippen LogP contribution in [0, 0.1) is 5.92 Å². The van der Waals surface area contributed by atoms with Crippen LogP contribution in [0.2, 0.25) is 0 Å². The third-order valence-electron chi connectivity index (χ3n) is 3.05. The molecule has 1 aliphatic carbocycles. The molecule has 3 N–H and O–H groups in total. The Balaban J connectivity index is 1.91. The summed E-state index contributed by atoms with van der Waals surface area (Å²) in [5.41, 5.74) is 0.759. The van der Waals surface area contributed by atoms with E-state index in [9.17, 15) is 10.2 Å². The summed E-state index contributed by atoms with van der Waals surface area (Å²) in [6.07, 6.45) is 2.42. The molecule has 2 rings (SSSR count). The summed E-state index contributed by atoms with van der Waals surface area (Å²) in [6, 6.07) is 5.63. The lowest BCUT2D eigenvalue weighted by atomic mass is 9.82. The summed E-state index contributed by atoms with van der Waals surface area (Å²) in [4.78, 5) is 0. The predicted octanol–water partition coefficient (Wildman–Crippen LogP) is 1.99. The lowest BCUT2D eigenvalue weighted by Crippen LogP contribution is -2.39. The van der Waals surface area contributed by atoms with Crippen molar-refractivity contribution in [2.75, 3.05) is 0 Å². The molecule has 1 aromatic carbocycles. The highest BCUT2D eigenvalue weighted by Gasteiger charge is 2.24. The molecule has 0 bridgehead atoms. The van der Waals surface area contributed by atoms with Crippen molar-refractivity contribution < 1.29 is 10.2 Å². The maximum absolute atomic E-state index is 9.56. The number of aromatic hydroxyl groups is 2. The fourth-order valence-electron chi connectivity index (χ4n) is 2.04. The van der Waals surface area contributed by atoms with E-state index in [0.717, 1.165) is 11.5 Å². The maximum atomic E-state index is 9.56. The lowest BCUT2D eigenvalue weighted by Gasteiger charge is -2.33. The van der Waals surface area contributed by atoms with E-state index in [-0.39, 0.29) is 11.5 Å². The molecule has 15 heavy (non-hydrogen) atoms. The number of nitrogens with one attached hydrogen (secondary N) is 1. The SMILES string of the molecule is CC1CC(NCc2cccc(O)c2O)C1. The molecule has 0 atom stereocenters. The second-order valence-corrected chi connectivity index (χ2v) is 4.44. The van der Waals surface area contributed by atoms with E-state index in [1.807, 2.05) is 6.07 Å². The number of hydrogen-bond acceptors (Lipinski definition) is 3. The van der Waals surface area contributed by atoms with E-state index < -0.39 is 0 Å². The summed E-state index contributed by atoms with van der Waals surface area (Å²) in [6.45, 7) is 2.86. The molecule has 1 aliphatic rings. The van der Waals surface area contributed by atoms with E-state index in [1.165, 1.54) is 18.9 Å². The van der Waals surface area contributed by atoms with Crippen molar-refractivity contribution >= 4 is 0 Å². The summed E-state index contributed by atoms with van der Waals surface area (Å²) < 4.78 is 0. The third kappa shape index (κ3) is 2.23. The van der Waals surface area contributed by atoms with Gasteiger partial charge >= 0.3 is 0 Å². The minimum Gasteiger partial charge on any atom is -0.504 e. The van der Waals surface area contributed by atoms with Crippen LogP contribution < -0.4 is 5.32 Å². The normalized spacial score (nSPS) is 24.9. The molecule has 3 nitrogen and oxygen atoms in total. The second kappa shape index (κ2) is 4.11. The molecule has 0 spiro atoms. The van der Waals surface area contributed by atoms with Gasteiger partial charge < -0.3 is 15.5 Å². The van der Waals surface area contributed by atoms with Crippen molar-refractivity contribution in [2.24, 2.45) is 5.92 Å². The van der Waals surface area contributed by atoms with Gasteiger partial charge in [0.25, 0.3) is 0 Å². The molecular weight excluding hydrogens is 190 g/mol. The van der Waals surface area contributed by atoms with Crippen molar-refractivity contribution in [1.82, 2.24) is 5.32 Å². The molecular formula is C12H17NO2. The minimum atomic E-state index is -0.0451. The first-order chi connectivity index (χ1) is 7.16. The Labute approximate surface area is 89.8 Å². The Morgan fingerprint density at radius 1 is 1.33 bits per heavy atom. The fourth-order valence-corrected chi connectivity index (χ4v) is 2.04. The largest absolute Gasteiger partial charge is 0.504 e. The first kappa shape index (κ1) is 10.3. The van der Waals surface area contributed by atoms with Gasteiger partial charge in [0.15, 0.2) is 11.5 Å². The Kier molecular flexibility index (Phi) is 2.82. The van der Waals surface area contributed by atoms with Gasteiger partial charge in [-0.05, 0) is 24.8 Å². The van der Waals surface area contributed by atoms with E-state index in [0.29, 0.717) is 12.6 Å². The molecule has 0 aliphatic heterocycles. The first-order valence-electron chi connectivity index (χ1n) is 5.40. The Hall–Kier alpha value is -1.22. The second-order valence-electron chi connectivity index (χ2n) is 4.44. The number of para-hydroxylation sites is 1. The van der Waals surface area contributed by atoms with Crippen LogP contribution in [-0.4, -0.2) is 16.3 Å². The standard InChI is InChI=1S/C12H17NO2/c1-8-5-10(6-8)13-7-9-3-2-4-11(14)12(9)15/h2-4,8,10,13-15H,5-7H2,1H3. The smallest absolute Gasteiger partial charge is 0.161 e. The van der Waals surface area contributed by atoms with Crippen molar-refractivity contribution in [2.45, 2.75) is 32.4 Å². The average Bonchev–Trinajstić information content (AvgIpc) is 2.17. The van der Waals surface area contributed by atoms with Gasteiger partial charge in [-0.15, -0.1) is 0 Å². The highest BCUT2D eigenvalue weighted by molar-refractivity contribution is 5.44. The van der Waals surface area contributed by atoms with Gasteiger partial charge in [0.1, 0.15) is 0 Å². The lowest BCUT2D eigenvalue weighted by molar-refractivity contribution is 0.239. The molecule has 0 saturated heterocycles. The molecule has 0 radical (unpaired) electrons. The number of rotatable bonds is 3. The van der Waals surface area contributed by atoms with E-state index >= 15 is 0 Å². The Morgan fingerprint density at radius 2 is 2.07 bits per heavy atom. The van der Waals surface area contributed by atoms with Crippen LogP contribution in [-0.2, 0) is 6.54 Å². The zero-order chi connectivity index (χ0) is 10.8. The van der Waals surface area contributed by atoms with Crippen molar-refractivity contribution in [3.05, 3.63) is 23.8 Å². The summed E-state index contributed by atoms with van der Waals surface area (Å²) in [7, 11) is 0. The van der Waals surface area contributed by atoms with Crippen molar-refractivity contribution in [3.8, 4) is 11.5 Å². The number of phenolic OH excluding ortho intramolecular Hbond substituents is 2. The average molecular weight is 207 g/mol. The van der Waals surface area contributed by atoms with Crippen LogP contribution in [0.1, 0.15) is 25.3 Å². The topological polar surface area (TPSA) is 52.5 Å². The summed E-state index contributed by atoms with van der Waals surface area (Å²) in [5.74, 6) is 0.772. The molecule has 1 aromatic rings. The van der Waals surface area contributed by atoms with Gasteiger partial charge in [-0.2, -0.15) is 0 Å². The molecule has 0 aromatic heterocycles. The van der Waals surface area contributed by atoms with Gasteiger partial charge in [-0.25, -0.2) is 0 Å². The van der Waals surface area contributed by atoms with Crippen molar-refractivity contribution in [3.63, 3.8) is 0 Å². The highest BCUT2D eigenvalue weighted by Crippen LogP contribution is 2.30. The number of benzene rings is 1.